The van der Waals surface area contributed by atoms with Gasteiger partial charge >= 0.3 is 0 Å². The summed E-state index contributed by atoms with van der Waals surface area (Å²) in [5.74, 6) is 0.906. The number of nitrogens with zero attached hydrogens (tertiary/aromatic N) is 1. The van der Waals surface area contributed by atoms with Crippen LogP contribution in [-0.4, -0.2) is 30.4 Å². The van der Waals surface area contributed by atoms with Crippen LogP contribution in [0.5, 0.6) is 5.75 Å². The van der Waals surface area contributed by atoms with Gasteiger partial charge < -0.3 is 15.0 Å². The quantitative estimate of drug-likeness (QED) is 0.363. The summed E-state index contributed by atoms with van der Waals surface area (Å²) in [6.07, 6.45) is 0.963. The molecule has 0 fully saturated rings. The van der Waals surface area contributed by atoms with Gasteiger partial charge in [-0.05, 0) is 70.2 Å². The molecule has 172 valence electrons. The number of carbonyl (C=O) groups excluding carboxylic acids is 2. The number of halogens is 1. The molecule has 0 saturated carbocycles. The van der Waals surface area contributed by atoms with Crippen molar-refractivity contribution in [2.75, 3.05) is 19.0 Å². The highest BCUT2D eigenvalue weighted by Gasteiger charge is 2.14. The van der Waals surface area contributed by atoms with E-state index in [9.17, 15) is 9.59 Å². The van der Waals surface area contributed by atoms with E-state index in [0.29, 0.717) is 41.6 Å². The molecule has 0 aliphatic carbocycles. The second-order valence-electron chi connectivity index (χ2n) is 8.36. The summed E-state index contributed by atoms with van der Waals surface area (Å²) < 4.78 is 6.51. The molecule has 0 aliphatic rings. The topological polar surface area (TPSA) is 58.6 Å². The summed E-state index contributed by atoms with van der Waals surface area (Å²) in [7, 11) is 1.77. The van der Waals surface area contributed by atoms with E-state index in [1.165, 1.54) is 0 Å². The Morgan fingerprint density at radius 1 is 0.970 bits per heavy atom. The van der Waals surface area contributed by atoms with Gasteiger partial charge in [0.2, 0.25) is 0 Å². The van der Waals surface area contributed by atoms with E-state index < -0.39 is 0 Å². The van der Waals surface area contributed by atoms with E-state index in [1.54, 1.807) is 54.4 Å². The van der Waals surface area contributed by atoms with Crippen LogP contribution in [0.25, 0.3) is 0 Å². The first-order valence-electron chi connectivity index (χ1n) is 11.0. The average Bonchev–Trinajstić information content (AvgIpc) is 2.80. The summed E-state index contributed by atoms with van der Waals surface area (Å²) in [4.78, 5) is 27.3. The predicted molar refractivity (Wildman–Crippen MR) is 136 cm³/mol. The minimum Gasteiger partial charge on any atom is -0.492 e. The Bertz CT molecular complexity index is 1100. The van der Waals surface area contributed by atoms with E-state index in [-0.39, 0.29) is 11.8 Å². The van der Waals surface area contributed by atoms with E-state index in [1.807, 2.05) is 30.3 Å². The number of carbonyl (C=O) groups is 2. The molecule has 6 heteroatoms. The maximum atomic E-state index is 12.9. The Morgan fingerprint density at radius 2 is 1.73 bits per heavy atom. The molecule has 3 rings (SSSR count). The minimum absolute atomic E-state index is 0.111. The molecule has 5 nitrogen and oxygen atoms in total. The van der Waals surface area contributed by atoms with Crippen molar-refractivity contribution in [2.24, 2.45) is 5.92 Å². The van der Waals surface area contributed by atoms with Crippen LogP contribution in [0.3, 0.4) is 0 Å². The fourth-order valence-corrected chi connectivity index (χ4v) is 3.74. The highest BCUT2D eigenvalue weighted by Crippen LogP contribution is 2.27. The molecule has 0 bridgehead atoms. The summed E-state index contributed by atoms with van der Waals surface area (Å²) in [6.45, 7) is 5.43. The van der Waals surface area contributed by atoms with Crippen LogP contribution in [0.1, 0.15) is 46.5 Å². The van der Waals surface area contributed by atoms with Crippen LogP contribution in [0, 0.1) is 5.92 Å². The fourth-order valence-electron chi connectivity index (χ4n) is 3.25. The lowest BCUT2D eigenvalue weighted by atomic mass is 10.1. The zero-order valence-electron chi connectivity index (χ0n) is 19.2. The highest BCUT2D eigenvalue weighted by atomic mass is 79.9. The molecule has 0 heterocycles. The molecule has 0 aromatic heterocycles. The third-order valence-corrected chi connectivity index (χ3v) is 5.74. The number of rotatable bonds is 9. The fraction of sp³-hybridized carbons (Fsp3) is 0.259. The van der Waals surface area contributed by atoms with Crippen LogP contribution >= 0.6 is 15.9 Å². The van der Waals surface area contributed by atoms with Crippen molar-refractivity contribution in [3.05, 3.63) is 94.0 Å². The Hall–Kier alpha value is -3.12. The van der Waals surface area contributed by atoms with Gasteiger partial charge in [-0.15, -0.1) is 0 Å². The lowest BCUT2D eigenvalue weighted by molar-refractivity contribution is 0.0784. The second-order valence-corrected chi connectivity index (χ2v) is 9.21. The standard InChI is InChI=1S/C27H29BrN2O3/c1-19(2)14-15-33-25-13-12-21(17-24(25)28)26(31)29-23-11-7-10-22(16-23)27(32)30(3)18-20-8-5-4-6-9-20/h4-13,16-17,19H,14-15,18H2,1-3H3,(H,29,31). The van der Waals surface area contributed by atoms with Gasteiger partial charge in [0, 0.05) is 30.4 Å². The van der Waals surface area contributed by atoms with Gasteiger partial charge in [-0.2, -0.15) is 0 Å². The minimum atomic E-state index is -0.258. The maximum absolute atomic E-state index is 12.9. The zero-order chi connectivity index (χ0) is 23.8. The molecule has 3 aromatic carbocycles. The van der Waals surface area contributed by atoms with E-state index in [2.05, 4.69) is 35.1 Å². The maximum Gasteiger partial charge on any atom is 0.255 e. The van der Waals surface area contributed by atoms with Crippen LogP contribution in [0.2, 0.25) is 0 Å². The number of hydrogen-bond acceptors (Lipinski definition) is 3. The van der Waals surface area contributed by atoms with Gasteiger partial charge in [-0.3, -0.25) is 9.59 Å². The number of hydrogen-bond donors (Lipinski definition) is 1. The van der Waals surface area contributed by atoms with Crippen LogP contribution in [-0.2, 0) is 6.54 Å². The molecule has 0 atom stereocenters. The predicted octanol–water partition coefficient (Wildman–Crippen LogP) is 6.40. The van der Waals surface area contributed by atoms with Gasteiger partial charge in [0.1, 0.15) is 5.75 Å². The summed E-state index contributed by atoms with van der Waals surface area (Å²) in [5.41, 5.74) is 2.63. The largest absolute Gasteiger partial charge is 0.492 e. The number of anilines is 1. The Balaban J connectivity index is 1.64. The lowest BCUT2D eigenvalue weighted by Crippen LogP contribution is -2.26. The van der Waals surface area contributed by atoms with Gasteiger partial charge in [0.05, 0.1) is 11.1 Å². The van der Waals surface area contributed by atoms with Crippen LogP contribution < -0.4 is 10.1 Å². The summed E-state index contributed by atoms with van der Waals surface area (Å²) in [5, 5.41) is 2.88. The SMILES string of the molecule is CC(C)CCOc1ccc(C(=O)Nc2cccc(C(=O)N(C)Cc3ccccc3)c2)cc1Br. The first kappa shape index (κ1) is 24.5. The molecule has 0 saturated heterocycles. The van der Waals surface area contributed by atoms with Crippen molar-refractivity contribution in [3.8, 4) is 5.75 Å². The van der Waals surface area contributed by atoms with Crippen LogP contribution in [0.4, 0.5) is 5.69 Å². The first-order chi connectivity index (χ1) is 15.8. The second kappa shape index (κ2) is 11.7. The van der Waals surface area contributed by atoms with Crippen LogP contribution in [0.15, 0.2) is 77.3 Å². The number of amides is 2. The van der Waals surface area contributed by atoms with Gasteiger partial charge in [0.15, 0.2) is 0 Å². The molecule has 3 aromatic rings. The molecular weight excluding hydrogens is 480 g/mol. The van der Waals surface area contributed by atoms with Crippen molar-refractivity contribution in [3.63, 3.8) is 0 Å². The molecule has 0 aliphatic heterocycles. The van der Waals surface area contributed by atoms with E-state index in [0.717, 1.165) is 16.5 Å². The summed E-state index contributed by atoms with van der Waals surface area (Å²) in [6, 6.07) is 22.1. The third kappa shape index (κ3) is 7.19. The smallest absolute Gasteiger partial charge is 0.255 e. The van der Waals surface area contributed by atoms with Crippen molar-refractivity contribution in [1.82, 2.24) is 4.90 Å². The Kier molecular flexibility index (Phi) is 8.66. The van der Waals surface area contributed by atoms with Crippen molar-refractivity contribution < 1.29 is 14.3 Å². The third-order valence-electron chi connectivity index (χ3n) is 5.12. The lowest BCUT2D eigenvalue weighted by Gasteiger charge is -2.18. The van der Waals surface area contributed by atoms with E-state index >= 15 is 0 Å². The molecule has 0 spiro atoms. The zero-order valence-corrected chi connectivity index (χ0v) is 20.8. The van der Waals surface area contributed by atoms with Crippen molar-refractivity contribution in [2.45, 2.75) is 26.8 Å². The molecular formula is C27H29BrN2O3. The Morgan fingerprint density at radius 3 is 2.42 bits per heavy atom. The molecule has 2 amide bonds. The molecule has 0 radical (unpaired) electrons. The molecule has 1 N–H and O–H groups in total. The number of nitrogens with one attached hydrogen (secondary N) is 1. The number of benzene rings is 3. The van der Waals surface area contributed by atoms with Gasteiger partial charge in [-0.1, -0.05) is 50.2 Å². The highest BCUT2D eigenvalue weighted by molar-refractivity contribution is 9.10. The number of ether oxygens (including phenoxy) is 1. The molecule has 33 heavy (non-hydrogen) atoms. The van der Waals surface area contributed by atoms with Crippen molar-refractivity contribution in [1.29, 1.82) is 0 Å². The van der Waals surface area contributed by atoms with Crippen molar-refractivity contribution >= 4 is 33.4 Å². The Labute approximate surface area is 203 Å². The average molecular weight is 509 g/mol. The van der Waals surface area contributed by atoms with Gasteiger partial charge in [0.25, 0.3) is 11.8 Å². The van der Waals surface area contributed by atoms with Gasteiger partial charge in [-0.25, -0.2) is 0 Å². The monoisotopic (exact) mass is 508 g/mol. The first-order valence-corrected chi connectivity index (χ1v) is 11.8. The molecule has 0 unspecified atom stereocenters. The van der Waals surface area contributed by atoms with E-state index in [4.69, 9.17) is 4.74 Å². The normalized spacial score (nSPS) is 10.7. The summed E-state index contributed by atoms with van der Waals surface area (Å²) >= 11 is 3.49.